The highest BCUT2D eigenvalue weighted by Crippen LogP contribution is 2.06. The molecular formula is C14H22N2O2. The van der Waals surface area contributed by atoms with Crippen molar-refractivity contribution < 1.29 is 9.90 Å². The van der Waals surface area contributed by atoms with Crippen molar-refractivity contribution in [3.05, 3.63) is 29.8 Å². The van der Waals surface area contributed by atoms with Gasteiger partial charge in [0.1, 0.15) is 0 Å². The number of benzene rings is 1. The molecule has 1 amide bonds. The number of hydrogen-bond donors (Lipinski definition) is 3. The molecule has 0 aliphatic rings. The van der Waals surface area contributed by atoms with E-state index in [4.69, 9.17) is 10.8 Å². The van der Waals surface area contributed by atoms with Crippen LogP contribution in [0.1, 0.15) is 25.3 Å². The third kappa shape index (κ3) is 5.68. The fourth-order valence-electron chi connectivity index (χ4n) is 1.65. The summed E-state index contributed by atoms with van der Waals surface area (Å²) in [6.07, 6.45) is 2.21. The molecule has 0 radical (unpaired) electrons. The Morgan fingerprint density at radius 3 is 2.67 bits per heavy atom. The molecule has 0 saturated heterocycles. The molecule has 0 aliphatic carbocycles. The van der Waals surface area contributed by atoms with Gasteiger partial charge in [-0.1, -0.05) is 19.1 Å². The lowest BCUT2D eigenvalue weighted by atomic mass is 10.1. The van der Waals surface area contributed by atoms with Crippen LogP contribution in [0.4, 0.5) is 5.69 Å². The van der Waals surface area contributed by atoms with E-state index < -0.39 is 0 Å². The monoisotopic (exact) mass is 250 g/mol. The molecule has 0 saturated carbocycles. The molecule has 1 unspecified atom stereocenters. The van der Waals surface area contributed by atoms with Crippen molar-refractivity contribution in [3.8, 4) is 0 Å². The second-order valence-corrected chi connectivity index (χ2v) is 4.70. The van der Waals surface area contributed by atoms with E-state index in [1.54, 1.807) is 12.1 Å². The van der Waals surface area contributed by atoms with Crippen LogP contribution < -0.4 is 11.1 Å². The SMILES string of the molecule is CC(CO)CCCNC(=O)Cc1ccc(N)cc1. The molecule has 4 nitrogen and oxygen atoms in total. The van der Waals surface area contributed by atoms with Gasteiger partial charge in [-0.25, -0.2) is 0 Å². The summed E-state index contributed by atoms with van der Waals surface area (Å²) in [6.45, 7) is 2.87. The number of nitrogens with two attached hydrogens (primary N) is 1. The quantitative estimate of drug-likeness (QED) is 0.505. The maximum atomic E-state index is 11.6. The lowest BCUT2D eigenvalue weighted by molar-refractivity contribution is -0.120. The van der Waals surface area contributed by atoms with Crippen molar-refractivity contribution in [3.63, 3.8) is 0 Å². The first kappa shape index (κ1) is 14.5. The lowest BCUT2D eigenvalue weighted by Crippen LogP contribution is -2.26. The standard InChI is InChI=1S/C14H22N2O2/c1-11(10-17)3-2-8-16-14(18)9-12-4-6-13(15)7-5-12/h4-7,11,17H,2-3,8-10,15H2,1H3,(H,16,18). The smallest absolute Gasteiger partial charge is 0.224 e. The normalized spacial score (nSPS) is 12.1. The summed E-state index contributed by atoms with van der Waals surface area (Å²) >= 11 is 0. The third-order valence-electron chi connectivity index (χ3n) is 2.85. The van der Waals surface area contributed by atoms with Crippen molar-refractivity contribution in [2.75, 3.05) is 18.9 Å². The molecule has 0 fully saturated rings. The molecule has 18 heavy (non-hydrogen) atoms. The van der Waals surface area contributed by atoms with Gasteiger partial charge in [0, 0.05) is 18.8 Å². The van der Waals surface area contributed by atoms with E-state index in [9.17, 15) is 4.79 Å². The van der Waals surface area contributed by atoms with Gasteiger partial charge in [-0.3, -0.25) is 4.79 Å². The zero-order chi connectivity index (χ0) is 13.4. The molecule has 0 aromatic heterocycles. The van der Waals surface area contributed by atoms with Crippen LogP contribution in [0.2, 0.25) is 0 Å². The van der Waals surface area contributed by atoms with Gasteiger partial charge < -0.3 is 16.2 Å². The highest BCUT2D eigenvalue weighted by Gasteiger charge is 2.03. The Hall–Kier alpha value is -1.55. The maximum absolute atomic E-state index is 11.6. The number of aliphatic hydroxyl groups excluding tert-OH is 1. The Morgan fingerprint density at radius 1 is 1.39 bits per heavy atom. The van der Waals surface area contributed by atoms with Gasteiger partial charge in [-0.2, -0.15) is 0 Å². The molecule has 4 heteroatoms. The number of rotatable bonds is 7. The second-order valence-electron chi connectivity index (χ2n) is 4.70. The maximum Gasteiger partial charge on any atom is 0.224 e. The highest BCUT2D eigenvalue weighted by atomic mass is 16.3. The van der Waals surface area contributed by atoms with Gasteiger partial charge in [-0.15, -0.1) is 0 Å². The summed E-state index contributed by atoms with van der Waals surface area (Å²) < 4.78 is 0. The van der Waals surface area contributed by atoms with E-state index >= 15 is 0 Å². The topological polar surface area (TPSA) is 75.3 Å². The summed E-state index contributed by atoms with van der Waals surface area (Å²) in [6, 6.07) is 7.32. The van der Waals surface area contributed by atoms with Crippen LogP contribution in [0.25, 0.3) is 0 Å². The van der Waals surface area contributed by atoms with Gasteiger partial charge >= 0.3 is 0 Å². The minimum absolute atomic E-state index is 0.0245. The summed E-state index contributed by atoms with van der Waals surface area (Å²) in [7, 11) is 0. The van der Waals surface area contributed by atoms with Crippen LogP contribution in [-0.2, 0) is 11.2 Å². The molecule has 1 aromatic carbocycles. The van der Waals surface area contributed by atoms with E-state index in [1.807, 2.05) is 19.1 Å². The van der Waals surface area contributed by atoms with E-state index in [0.29, 0.717) is 24.6 Å². The summed E-state index contributed by atoms with van der Waals surface area (Å²) in [5.41, 5.74) is 7.25. The predicted molar refractivity (Wildman–Crippen MR) is 73.1 cm³/mol. The van der Waals surface area contributed by atoms with E-state index in [2.05, 4.69) is 5.32 Å². The molecule has 4 N–H and O–H groups in total. The van der Waals surface area contributed by atoms with Crippen LogP contribution >= 0.6 is 0 Å². The lowest BCUT2D eigenvalue weighted by Gasteiger charge is -2.08. The van der Waals surface area contributed by atoms with E-state index in [1.165, 1.54) is 0 Å². The zero-order valence-electron chi connectivity index (χ0n) is 10.9. The number of amides is 1. The molecule has 0 heterocycles. The molecule has 0 spiro atoms. The first-order chi connectivity index (χ1) is 8.61. The molecule has 100 valence electrons. The highest BCUT2D eigenvalue weighted by molar-refractivity contribution is 5.78. The predicted octanol–water partition coefficient (Wildman–Crippen LogP) is 1.34. The number of nitrogens with one attached hydrogen (secondary N) is 1. The van der Waals surface area contributed by atoms with Gasteiger partial charge in [0.2, 0.25) is 5.91 Å². The Morgan fingerprint density at radius 2 is 2.06 bits per heavy atom. The Labute approximate surface area is 108 Å². The first-order valence-corrected chi connectivity index (χ1v) is 6.33. The summed E-state index contributed by atoms with van der Waals surface area (Å²) in [5.74, 6) is 0.329. The van der Waals surface area contributed by atoms with Crippen LogP contribution in [0, 0.1) is 5.92 Å². The number of aliphatic hydroxyl groups is 1. The summed E-state index contributed by atoms with van der Waals surface area (Å²) in [5, 5.41) is 11.7. The Balaban J connectivity index is 2.19. The number of nitrogen functional groups attached to an aromatic ring is 1. The van der Waals surface area contributed by atoms with Crippen molar-refractivity contribution in [1.29, 1.82) is 0 Å². The average molecular weight is 250 g/mol. The minimum atomic E-state index is 0.0245. The van der Waals surface area contributed by atoms with Crippen molar-refractivity contribution in [2.45, 2.75) is 26.2 Å². The molecule has 1 atom stereocenters. The number of hydrogen-bond acceptors (Lipinski definition) is 3. The molecule has 1 aromatic rings. The van der Waals surface area contributed by atoms with Crippen LogP contribution in [0.15, 0.2) is 24.3 Å². The Kier molecular flexibility index (Phi) is 6.22. The van der Waals surface area contributed by atoms with Crippen molar-refractivity contribution >= 4 is 11.6 Å². The van der Waals surface area contributed by atoms with E-state index in [0.717, 1.165) is 18.4 Å². The second kappa shape index (κ2) is 7.71. The number of anilines is 1. The largest absolute Gasteiger partial charge is 0.399 e. The van der Waals surface area contributed by atoms with Crippen LogP contribution in [0.3, 0.4) is 0 Å². The minimum Gasteiger partial charge on any atom is -0.399 e. The molecule has 0 bridgehead atoms. The Bertz CT molecular complexity index is 363. The van der Waals surface area contributed by atoms with Crippen LogP contribution in [0.5, 0.6) is 0 Å². The molecular weight excluding hydrogens is 228 g/mol. The number of carbonyl (C=O) groups is 1. The average Bonchev–Trinajstić information content (AvgIpc) is 2.37. The fraction of sp³-hybridized carbons (Fsp3) is 0.500. The van der Waals surface area contributed by atoms with E-state index in [-0.39, 0.29) is 12.5 Å². The number of carbonyl (C=O) groups excluding carboxylic acids is 1. The molecule has 0 aliphatic heterocycles. The van der Waals surface area contributed by atoms with Gasteiger partial charge in [-0.05, 0) is 36.5 Å². The van der Waals surface area contributed by atoms with Crippen molar-refractivity contribution in [1.82, 2.24) is 5.32 Å². The van der Waals surface area contributed by atoms with Gasteiger partial charge in [0.15, 0.2) is 0 Å². The third-order valence-corrected chi connectivity index (χ3v) is 2.85. The zero-order valence-corrected chi connectivity index (χ0v) is 10.9. The van der Waals surface area contributed by atoms with Crippen molar-refractivity contribution in [2.24, 2.45) is 5.92 Å². The fourth-order valence-corrected chi connectivity index (χ4v) is 1.65. The first-order valence-electron chi connectivity index (χ1n) is 6.33. The van der Waals surface area contributed by atoms with Gasteiger partial charge in [0.05, 0.1) is 6.42 Å². The van der Waals surface area contributed by atoms with Crippen LogP contribution in [-0.4, -0.2) is 24.2 Å². The summed E-state index contributed by atoms with van der Waals surface area (Å²) in [4.78, 5) is 11.6. The van der Waals surface area contributed by atoms with Gasteiger partial charge in [0.25, 0.3) is 0 Å². The molecule has 1 rings (SSSR count).